The van der Waals surface area contributed by atoms with Crippen molar-refractivity contribution in [3.05, 3.63) is 49.3 Å². The summed E-state index contributed by atoms with van der Waals surface area (Å²) in [6.45, 7) is 0. The van der Waals surface area contributed by atoms with Crippen LogP contribution in [0.15, 0.2) is 53.7 Å². The number of aryl methyl sites for hydroxylation is 1. The van der Waals surface area contributed by atoms with Crippen molar-refractivity contribution in [2.24, 2.45) is 7.05 Å². The Kier molecular flexibility index (Phi) is 4.34. The van der Waals surface area contributed by atoms with Gasteiger partial charge in [0, 0.05) is 0 Å². The molecule has 0 saturated carbocycles. The van der Waals surface area contributed by atoms with E-state index in [1.54, 1.807) is 9.78 Å². The fourth-order valence-electron chi connectivity index (χ4n) is 2.12. The molecule has 0 aliphatic carbocycles. The molecule has 0 spiro atoms. The molecule has 2 heterocycles. The molecular formula is C15H20N2OSn. The maximum Gasteiger partial charge on any atom is 0.180 e. The minimum atomic E-state index is -1.93. The van der Waals surface area contributed by atoms with Crippen LogP contribution in [0.2, 0.25) is 14.8 Å². The van der Waals surface area contributed by atoms with Crippen LogP contribution in [0.4, 0.5) is 0 Å². The second-order valence-electron chi connectivity index (χ2n) is 5.60. The Hall–Kier alpha value is -1.23. The van der Waals surface area contributed by atoms with E-state index < -0.39 is 18.4 Å². The molecule has 2 aromatic heterocycles. The van der Waals surface area contributed by atoms with Gasteiger partial charge in [-0.15, -0.1) is 0 Å². The molecule has 4 heteroatoms. The second kappa shape index (κ2) is 5.82. The minimum Gasteiger partial charge on any atom is -0.452 e. The van der Waals surface area contributed by atoms with E-state index in [4.69, 9.17) is 0 Å². The third-order valence-corrected chi connectivity index (χ3v) is 8.80. The number of fused-ring (bicyclic) bond motifs is 1. The average Bonchev–Trinajstić information content (AvgIpc) is 3.00. The molecule has 1 aromatic carbocycles. The molecule has 0 amide bonds. The van der Waals surface area contributed by atoms with Gasteiger partial charge in [-0.25, -0.2) is 4.98 Å². The van der Waals surface area contributed by atoms with Gasteiger partial charge < -0.3 is 4.42 Å². The Morgan fingerprint density at radius 1 is 1.16 bits per heavy atom. The number of rotatable bonds is 1. The number of hydrogen-bond donors (Lipinski definition) is 0. The maximum atomic E-state index is 4.47. The van der Waals surface area contributed by atoms with E-state index in [0.717, 1.165) is 0 Å². The smallest absolute Gasteiger partial charge is 0.180 e. The largest absolute Gasteiger partial charge is 0.452 e. The maximum absolute atomic E-state index is 4.47. The SMILES string of the molecule is Cn1c[c]([Sn]([CH3])([CH3])[CH3])c2ccccc21.c1cocn1. The van der Waals surface area contributed by atoms with E-state index in [1.807, 2.05) is 0 Å². The summed E-state index contributed by atoms with van der Waals surface area (Å²) in [6.07, 6.45) is 6.81. The van der Waals surface area contributed by atoms with Crippen LogP contribution < -0.4 is 3.58 Å². The van der Waals surface area contributed by atoms with E-state index in [9.17, 15) is 0 Å². The first-order valence-electron chi connectivity index (χ1n) is 6.37. The van der Waals surface area contributed by atoms with Gasteiger partial charge in [0.2, 0.25) is 0 Å². The monoisotopic (exact) mass is 364 g/mol. The fraction of sp³-hybridized carbons (Fsp3) is 0.267. The summed E-state index contributed by atoms with van der Waals surface area (Å²) in [5, 5.41) is 1.47. The summed E-state index contributed by atoms with van der Waals surface area (Å²) in [7, 11) is 2.14. The summed E-state index contributed by atoms with van der Waals surface area (Å²) in [5.74, 6) is 0. The first kappa shape index (κ1) is 14.2. The van der Waals surface area contributed by atoms with Gasteiger partial charge in [-0.1, -0.05) is 0 Å². The molecule has 0 unspecified atom stereocenters. The zero-order valence-corrected chi connectivity index (χ0v) is 14.8. The average molecular weight is 363 g/mol. The van der Waals surface area contributed by atoms with Crippen molar-refractivity contribution in [3.8, 4) is 0 Å². The molecule has 0 fully saturated rings. The van der Waals surface area contributed by atoms with Gasteiger partial charge in [-0.2, -0.15) is 0 Å². The molecular weight excluding hydrogens is 343 g/mol. The zero-order chi connectivity index (χ0) is 13.9. The topological polar surface area (TPSA) is 31.0 Å². The van der Waals surface area contributed by atoms with E-state index in [0.29, 0.717) is 0 Å². The number of oxazole rings is 1. The van der Waals surface area contributed by atoms with Gasteiger partial charge in [0.1, 0.15) is 6.26 Å². The summed E-state index contributed by atoms with van der Waals surface area (Å²) in [4.78, 5) is 11.0. The Balaban J connectivity index is 0.000000224. The molecule has 0 atom stereocenters. The molecule has 3 nitrogen and oxygen atoms in total. The van der Waals surface area contributed by atoms with Crippen molar-refractivity contribution < 1.29 is 4.42 Å². The van der Waals surface area contributed by atoms with Crippen LogP contribution in [0.3, 0.4) is 0 Å². The van der Waals surface area contributed by atoms with Gasteiger partial charge in [0.15, 0.2) is 6.39 Å². The Labute approximate surface area is 118 Å². The quantitative estimate of drug-likeness (QED) is 0.621. The van der Waals surface area contributed by atoms with Gasteiger partial charge in [-0.3, -0.25) is 0 Å². The molecule has 0 bridgehead atoms. The minimum absolute atomic E-state index is 1.37. The predicted molar refractivity (Wildman–Crippen MR) is 82.4 cm³/mol. The van der Waals surface area contributed by atoms with E-state index in [1.165, 1.54) is 23.6 Å². The number of aromatic nitrogens is 2. The summed E-state index contributed by atoms with van der Waals surface area (Å²) in [6, 6.07) is 8.72. The molecule has 0 saturated heterocycles. The van der Waals surface area contributed by atoms with Gasteiger partial charge in [-0.05, 0) is 0 Å². The van der Waals surface area contributed by atoms with Crippen LogP contribution in [-0.4, -0.2) is 27.9 Å². The van der Waals surface area contributed by atoms with Gasteiger partial charge in [0.05, 0.1) is 6.20 Å². The second-order valence-corrected chi connectivity index (χ2v) is 20.0. The standard InChI is InChI=1S/C9H8N.C3H3NO.3CH3.Sn/c1-10-7-6-8-4-2-3-5-9(8)10;1-2-5-3-4-1;;;;/h2-5,7H,1H3;1-3H;3*1H3;. The van der Waals surface area contributed by atoms with E-state index >= 15 is 0 Å². The predicted octanol–water partition coefficient (Wildman–Crippen LogP) is 3.40. The number of hydrogen-bond acceptors (Lipinski definition) is 2. The van der Waals surface area contributed by atoms with E-state index in [2.05, 4.69) is 66.3 Å². The van der Waals surface area contributed by atoms with Crippen LogP contribution in [0.5, 0.6) is 0 Å². The first-order chi connectivity index (χ1) is 9.00. The third-order valence-electron chi connectivity index (χ3n) is 3.05. The summed E-state index contributed by atoms with van der Waals surface area (Å²) < 4.78 is 8.37. The van der Waals surface area contributed by atoms with Crippen molar-refractivity contribution in [3.63, 3.8) is 0 Å². The van der Waals surface area contributed by atoms with Crippen LogP contribution in [-0.2, 0) is 7.05 Å². The number of nitrogens with zero attached hydrogens (tertiary/aromatic N) is 2. The zero-order valence-electron chi connectivity index (χ0n) is 11.9. The first-order valence-corrected chi connectivity index (χ1v) is 16.4. The van der Waals surface area contributed by atoms with Gasteiger partial charge >= 0.3 is 89.8 Å². The van der Waals surface area contributed by atoms with Crippen molar-refractivity contribution in [1.82, 2.24) is 9.55 Å². The Bertz CT molecular complexity index is 619. The summed E-state index contributed by atoms with van der Waals surface area (Å²) in [5.41, 5.74) is 1.37. The molecule has 19 heavy (non-hydrogen) atoms. The van der Waals surface area contributed by atoms with E-state index in [-0.39, 0.29) is 0 Å². The molecule has 0 aliphatic rings. The molecule has 0 aliphatic heterocycles. The molecule has 0 N–H and O–H groups in total. The van der Waals surface area contributed by atoms with Crippen LogP contribution in [0, 0.1) is 0 Å². The third kappa shape index (κ3) is 3.41. The normalized spacial score (nSPS) is 11.2. The van der Waals surface area contributed by atoms with Crippen molar-refractivity contribution in [2.45, 2.75) is 14.8 Å². The fourth-order valence-corrected chi connectivity index (χ4v) is 6.68. The van der Waals surface area contributed by atoms with Crippen LogP contribution in [0.1, 0.15) is 0 Å². The molecule has 3 rings (SSSR count). The van der Waals surface area contributed by atoms with Crippen molar-refractivity contribution in [2.75, 3.05) is 0 Å². The van der Waals surface area contributed by atoms with Crippen molar-refractivity contribution in [1.29, 1.82) is 0 Å². The molecule has 0 radical (unpaired) electrons. The molecule has 3 aromatic rings. The van der Waals surface area contributed by atoms with Gasteiger partial charge in [0.25, 0.3) is 0 Å². The Morgan fingerprint density at radius 2 is 1.89 bits per heavy atom. The van der Waals surface area contributed by atoms with Crippen LogP contribution >= 0.6 is 0 Å². The Morgan fingerprint density at radius 3 is 2.42 bits per heavy atom. The number of para-hydroxylation sites is 1. The molecule has 100 valence electrons. The summed E-state index contributed by atoms with van der Waals surface area (Å²) >= 11 is -1.93. The van der Waals surface area contributed by atoms with Crippen LogP contribution in [0.25, 0.3) is 10.9 Å². The van der Waals surface area contributed by atoms with Crippen molar-refractivity contribution >= 4 is 32.9 Å². The number of benzene rings is 1.